The van der Waals surface area contributed by atoms with Crippen molar-refractivity contribution < 1.29 is 8.85 Å². The van der Waals surface area contributed by atoms with Crippen molar-refractivity contribution in [3.05, 3.63) is 0 Å². The van der Waals surface area contributed by atoms with Crippen LogP contribution in [0.1, 0.15) is 46.0 Å². The fourth-order valence-corrected chi connectivity index (χ4v) is 5.83. The minimum absolute atomic E-state index is 0.404. The highest BCUT2D eigenvalue weighted by Gasteiger charge is 2.54. The lowest BCUT2D eigenvalue weighted by Crippen LogP contribution is -2.39. The Labute approximate surface area is 102 Å². The maximum absolute atomic E-state index is 5.51. The summed E-state index contributed by atoms with van der Waals surface area (Å²) in [6.07, 6.45) is 7.29. The molecule has 2 nitrogen and oxygen atoms in total. The topological polar surface area (TPSA) is 18.5 Å². The molecule has 0 aliphatic heterocycles. The standard InChI is InChI=1S/C13H26O2Si/c1-12(2,10-16(14-3)15-4)13-7-5-11(9-13)6-8-13/h11,16H,5-10H2,1-4H3. The molecule has 0 spiro atoms. The van der Waals surface area contributed by atoms with Crippen molar-refractivity contribution in [2.75, 3.05) is 14.2 Å². The number of fused-ring (bicyclic) bond motifs is 2. The molecule has 2 bridgehead atoms. The van der Waals surface area contributed by atoms with Gasteiger partial charge in [-0.2, -0.15) is 0 Å². The molecule has 0 atom stereocenters. The zero-order chi connectivity index (χ0) is 11.8. The van der Waals surface area contributed by atoms with Gasteiger partial charge in [0.1, 0.15) is 0 Å². The number of hydrogen-bond acceptors (Lipinski definition) is 2. The maximum Gasteiger partial charge on any atom is 0.321 e. The van der Waals surface area contributed by atoms with E-state index in [2.05, 4.69) is 13.8 Å². The molecule has 0 saturated heterocycles. The largest absolute Gasteiger partial charge is 0.400 e. The maximum atomic E-state index is 5.51. The molecule has 0 amide bonds. The summed E-state index contributed by atoms with van der Waals surface area (Å²) in [5.41, 5.74) is 1.02. The Kier molecular flexibility index (Phi) is 3.48. The first-order chi connectivity index (χ1) is 7.53. The zero-order valence-corrected chi connectivity index (χ0v) is 12.4. The molecule has 16 heavy (non-hydrogen) atoms. The highest BCUT2D eigenvalue weighted by molar-refractivity contribution is 6.44. The average molecular weight is 242 g/mol. The summed E-state index contributed by atoms with van der Waals surface area (Å²) >= 11 is 0. The fourth-order valence-electron chi connectivity index (χ4n) is 4.04. The van der Waals surface area contributed by atoms with E-state index >= 15 is 0 Å². The smallest absolute Gasteiger partial charge is 0.321 e. The van der Waals surface area contributed by atoms with Gasteiger partial charge in [0.25, 0.3) is 0 Å². The van der Waals surface area contributed by atoms with Gasteiger partial charge in [-0.25, -0.2) is 0 Å². The van der Waals surface area contributed by atoms with Crippen LogP contribution in [0.15, 0.2) is 0 Å². The Bertz CT molecular complexity index is 240. The minimum Gasteiger partial charge on any atom is -0.400 e. The van der Waals surface area contributed by atoms with Crippen molar-refractivity contribution in [2.24, 2.45) is 16.7 Å². The normalized spacial score (nSPS) is 33.9. The van der Waals surface area contributed by atoms with Gasteiger partial charge in [-0.15, -0.1) is 0 Å². The van der Waals surface area contributed by atoms with Gasteiger partial charge >= 0.3 is 9.28 Å². The third-order valence-corrected chi connectivity index (χ3v) is 7.79. The lowest BCUT2D eigenvalue weighted by molar-refractivity contribution is 0.0862. The molecule has 0 N–H and O–H groups in total. The third-order valence-electron chi connectivity index (χ3n) is 5.38. The first kappa shape index (κ1) is 12.6. The van der Waals surface area contributed by atoms with E-state index in [0.717, 1.165) is 12.0 Å². The molecular weight excluding hydrogens is 216 g/mol. The summed E-state index contributed by atoms with van der Waals surface area (Å²) in [5, 5.41) is 0. The van der Waals surface area contributed by atoms with Crippen molar-refractivity contribution in [1.29, 1.82) is 0 Å². The SMILES string of the molecule is CO[SiH](CC(C)(C)C12CCC(CC1)C2)OC. The molecule has 2 aliphatic carbocycles. The van der Waals surface area contributed by atoms with Gasteiger partial charge in [0.05, 0.1) is 0 Å². The van der Waals surface area contributed by atoms with Crippen LogP contribution in [0.2, 0.25) is 6.04 Å². The Balaban J connectivity index is 2.06. The number of hydrogen-bond donors (Lipinski definition) is 0. The van der Waals surface area contributed by atoms with Gasteiger partial charge < -0.3 is 8.85 Å². The molecule has 2 rings (SSSR count). The summed E-state index contributed by atoms with van der Waals surface area (Å²) in [6, 6.07) is 1.16. The quantitative estimate of drug-likeness (QED) is 0.690. The van der Waals surface area contributed by atoms with E-state index in [-0.39, 0.29) is 0 Å². The van der Waals surface area contributed by atoms with Crippen LogP contribution in [-0.4, -0.2) is 23.5 Å². The Morgan fingerprint density at radius 1 is 1.19 bits per heavy atom. The lowest BCUT2D eigenvalue weighted by Gasteiger charge is -2.44. The highest BCUT2D eigenvalue weighted by Crippen LogP contribution is 2.63. The zero-order valence-electron chi connectivity index (χ0n) is 11.2. The predicted octanol–water partition coefficient (Wildman–Crippen LogP) is 3.11. The molecule has 0 unspecified atom stereocenters. The fraction of sp³-hybridized carbons (Fsp3) is 1.00. The van der Waals surface area contributed by atoms with Crippen molar-refractivity contribution in [3.63, 3.8) is 0 Å². The van der Waals surface area contributed by atoms with Crippen LogP contribution in [0.5, 0.6) is 0 Å². The van der Waals surface area contributed by atoms with E-state index in [0.29, 0.717) is 10.8 Å². The first-order valence-corrected chi connectivity index (χ1v) is 8.34. The minimum atomic E-state index is -1.41. The molecule has 0 heterocycles. The summed E-state index contributed by atoms with van der Waals surface area (Å²) < 4.78 is 11.0. The number of rotatable bonds is 5. The Morgan fingerprint density at radius 2 is 1.75 bits per heavy atom. The molecule has 0 aromatic heterocycles. The lowest BCUT2D eigenvalue weighted by atomic mass is 9.64. The monoisotopic (exact) mass is 242 g/mol. The van der Waals surface area contributed by atoms with Crippen LogP contribution >= 0.6 is 0 Å². The molecule has 2 fully saturated rings. The predicted molar refractivity (Wildman–Crippen MR) is 68.8 cm³/mol. The van der Waals surface area contributed by atoms with Gasteiger partial charge in [-0.1, -0.05) is 13.8 Å². The van der Waals surface area contributed by atoms with Crippen molar-refractivity contribution in [1.82, 2.24) is 0 Å². The van der Waals surface area contributed by atoms with Gasteiger partial charge in [0.2, 0.25) is 0 Å². The molecule has 0 aromatic rings. The van der Waals surface area contributed by atoms with Crippen molar-refractivity contribution >= 4 is 9.28 Å². The highest BCUT2D eigenvalue weighted by atomic mass is 28.3. The molecular formula is C13H26O2Si. The van der Waals surface area contributed by atoms with E-state index in [1.54, 1.807) is 14.2 Å². The van der Waals surface area contributed by atoms with Crippen molar-refractivity contribution in [2.45, 2.75) is 52.0 Å². The van der Waals surface area contributed by atoms with E-state index in [9.17, 15) is 0 Å². The van der Waals surface area contributed by atoms with Gasteiger partial charge in [-0.05, 0) is 54.9 Å². The molecule has 0 aromatic carbocycles. The van der Waals surface area contributed by atoms with Crippen LogP contribution in [0, 0.1) is 16.7 Å². The third kappa shape index (κ3) is 1.98. The second kappa shape index (κ2) is 4.43. The van der Waals surface area contributed by atoms with Crippen molar-refractivity contribution in [3.8, 4) is 0 Å². The summed E-state index contributed by atoms with van der Waals surface area (Å²) in [5.74, 6) is 1.03. The average Bonchev–Trinajstić information content (AvgIpc) is 2.87. The van der Waals surface area contributed by atoms with Gasteiger partial charge in [0, 0.05) is 14.2 Å². The van der Waals surface area contributed by atoms with E-state index in [1.807, 2.05) is 0 Å². The molecule has 94 valence electrons. The van der Waals surface area contributed by atoms with Crippen LogP contribution in [0.4, 0.5) is 0 Å². The van der Waals surface area contributed by atoms with Gasteiger partial charge in [0.15, 0.2) is 0 Å². The van der Waals surface area contributed by atoms with E-state index in [1.165, 1.54) is 32.1 Å². The second-order valence-corrected chi connectivity index (χ2v) is 8.63. The molecule has 3 heteroatoms. The van der Waals surface area contributed by atoms with Crippen LogP contribution in [0.25, 0.3) is 0 Å². The van der Waals surface area contributed by atoms with Crippen LogP contribution < -0.4 is 0 Å². The molecule has 0 radical (unpaired) electrons. The van der Waals surface area contributed by atoms with Crippen LogP contribution in [0.3, 0.4) is 0 Å². The molecule has 2 saturated carbocycles. The van der Waals surface area contributed by atoms with Gasteiger partial charge in [-0.3, -0.25) is 0 Å². The summed E-state index contributed by atoms with van der Waals surface area (Å²) in [4.78, 5) is 0. The molecule has 2 aliphatic rings. The summed E-state index contributed by atoms with van der Waals surface area (Å²) in [6.45, 7) is 4.89. The second-order valence-electron chi connectivity index (χ2n) is 6.42. The van der Waals surface area contributed by atoms with Crippen LogP contribution in [-0.2, 0) is 8.85 Å². The van der Waals surface area contributed by atoms with E-state index < -0.39 is 9.28 Å². The van der Waals surface area contributed by atoms with E-state index in [4.69, 9.17) is 8.85 Å². The summed E-state index contributed by atoms with van der Waals surface area (Å²) in [7, 11) is 2.20. The first-order valence-electron chi connectivity index (χ1n) is 6.59. The Morgan fingerprint density at radius 3 is 2.12 bits per heavy atom. The Hall–Kier alpha value is 0.137.